The van der Waals surface area contributed by atoms with Crippen molar-refractivity contribution in [2.24, 2.45) is 0 Å². The van der Waals surface area contributed by atoms with E-state index in [4.69, 9.17) is 0 Å². The first-order chi connectivity index (χ1) is 6.16. The van der Waals surface area contributed by atoms with Crippen molar-refractivity contribution in [2.45, 2.75) is 18.5 Å². The van der Waals surface area contributed by atoms with Crippen LogP contribution in [0.4, 0.5) is 0 Å². The van der Waals surface area contributed by atoms with E-state index in [0.29, 0.717) is 18.6 Å². The van der Waals surface area contributed by atoms with Gasteiger partial charge in [0.2, 0.25) is 5.91 Å². The van der Waals surface area contributed by atoms with Gasteiger partial charge in [-0.3, -0.25) is 9.69 Å². The van der Waals surface area contributed by atoms with Gasteiger partial charge < -0.3 is 10.2 Å². The van der Waals surface area contributed by atoms with E-state index < -0.39 is 0 Å². The fraction of sp³-hybridized carbons (Fsp3) is 0.889. The van der Waals surface area contributed by atoms with Crippen LogP contribution < -0.4 is 5.32 Å². The van der Waals surface area contributed by atoms with Crippen molar-refractivity contribution in [3.05, 3.63) is 0 Å². The number of nitrogens with zero attached hydrogens (tertiary/aromatic N) is 2. The summed E-state index contributed by atoms with van der Waals surface area (Å²) < 4.78 is 0. The number of fused-ring (bicyclic) bond motifs is 1. The highest BCUT2D eigenvalue weighted by Crippen LogP contribution is 2.17. The molecular weight excluding hydrogens is 166 g/mol. The SMILES string of the molecule is CN1CC[C@H]2[C@@H](C1)NC(=O)CN2C. The maximum absolute atomic E-state index is 11.3. The van der Waals surface area contributed by atoms with Crippen molar-refractivity contribution < 1.29 is 4.79 Å². The standard InChI is InChI=1S/C9H17N3O/c1-11-4-3-8-7(5-11)10-9(13)6-12(8)2/h7-8H,3-6H2,1-2H3,(H,10,13)/t7-,8+/m1/s1. The van der Waals surface area contributed by atoms with Crippen LogP contribution in [0.5, 0.6) is 0 Å². The molecule has 0 unspecified atom stereocenters. The monoisotopic (exact) mass is 183 g/mol. The van der Waals surface area contributed by atoms with Crippen molar-refractivity contribution >= 4 is 5.91 Å². The third kappa shape index (κ3) is 1.69. The summed E-state index contributed by atoms with van der Waals surface area (Å²) in [5.41, 5.74) is 0. The number of hydrogen-bond donors (Lipinski definition) is 1. The lowest BCUT2D eigenvalue weighted by atomic mass is 9.96. The molecule has 2 saturated heterocycles. The summed E-state index contributed by atoms with van der Waals surface area (Å²) in [6.45, 7) is 2.69. The molecule has 2 aliphatic rings. The molecule has 2 fully saturated rings. The number of hydrogen-bond acceptors (Lipinski definition) is 3. The molecule has 0 spiro atoms. The van der Waals surface area contributed by atoms with E-state index in [1.165, 1.54) is 0 Å². The van der Waals surface area contributed by atoms with Crippen molar-refractivity contribution in [1.82, 2.24) is 15.1 Å². The Hall–Kier alpha value is -0.610. The number of likely N-dealkylation sites (tertiary alicyclic amines) is 1. The Balaban J connectivity index is 2.06. The molecular formula is C9H17N3O. The Bertz CT molecular complexity index is 219. The van der Waals surface area contributed by atoms with E-state index in [1.807, 2.05) is 7.05 Å². The zero-order chi connectivity index (χ0) is 9.42. The molecule has 2 rings (SSSR count). The zero-order valence-electron chi connectivity index (χ0n) is 8.29. The summed E-state index contributed by atoms with van der Waals surface area (Å²) in [5.74, 6) is 0.166. The van der Waals surface area contributed by atoms with Crippen LogP contribution in [0.2, 0.25) is 0 Å². The number of piperazine rings is 1. The molecule has 13 heavy (non-hydrogen) atoms. The Morgan fingerprint density at radius 2 is 2.23 bits per heavy atom. The summed E-state index contributed by atoms with van der Waals surface area (Å²) in [7, 11) is 4.15. The Kier molecular flexibility index (Phi) is 2.26. The second-order valence-corrected chi connectivity index (χ2v) is 4.21. The van der Waals surface area contributed by atoms with Crippen molar-refractivity contribution in [2.75, 3.05) is 33.7 Å². The molecule has 2 aliphatic heterocycles. The van der Waals surface area contributed by atoms with E-state index in [-0.39, 0.29) is 5.91 Å². The Morgan fingerprint density at radius 1 is 1.46 bits per heavy atom. The number of piperidine rings is 1. The average molecular weight is 183 g/mol. The van der Waals surface area contributed by atoms with Crippen LogP contribution in [0.1, 0.15) is 6.42 Å². The summed E-state index contributed by atoms with van der Waals surface area (Å²) >= 11 is 0. The van der Waals surface area contributed by atoms with E-state index in [1.54, 1.807) is 0 Å². The smallest absolute Gasteiger partial charge is 0.234 e. The van der Waals surface area contributed by atoms with Crippen LogP contribution in [-0.4, -0.2) is 61.5 Å². The number of carbonyl (C=O) groups is 1. The van der Waals surface area contributed by atoms with E-state index in [2.05, 4.69) is 22.2 Å². The molecule has 2 heterocycles. The van der Waals surface area contributed by atoms with Crippen LogP contribution in [-0.2, 0) is 4.79 Å². The average Bonchev–Trinajstić information content (AvgIpc) is 2.02. The highest BCUT2D eigenvalue weighted by atomic mass is 16.2. The van der Waals surface area contributed by atoms with E-state index in [9.17, 15) is 4.79 Å². The normalized spacial score (nSPS) is 36.9. The minimum Gasteiger partial charge on any atom is -0.349 e. The van der Waals surface area contributed by atoms with Crippen LogP contribution in [0.25, 0.3) is 0 Å². The number of likely N-dealkylation sites (N-methyl/N-ethyl adjacent to an activating group) is 2. The van der Waals surface area contributed by atoms with Gasteiger partial charge in [0.1, 0.15) is 0 Å². The number of nitrogens with one attached hydrogen (secondary N) is 1. The highest BCUT2D eigenvalue weighted by molar-refractivity contribution is 5.79. The quantitative estimate of drug-likeness (QED) is 0.530. The molecule has 4 heteroatoms. The molecule has 1 amide bonds. The number of amides is 1. The molecule has 74 valence electrons. The first-order valence-electron chi connectivity index (χ1n) is 4.85. The largest absolute Gasteiger partial charge is 0.349 e. The molecule has 0 radical (unpaired) electrons. The highest BCUT2D eigenvalue weighted by Gasteiger charge is 2.35. The lowest BCUT2D eigenvalue weighted by Crippen LogP contribution is -2.65. The molecule has 4 nitrogen and oxygen atoms in total. The fourth-order valence-corrected chi connectivity index (χ4v) is 2.37. The van der Waals surface area contributed by atoms with Gasteiger partial charge in [-0.25, -0.2) is 0 Å². The first-order valence-corrected chi connectivity index (χ1v) is 4.85. The summed E-state index contributed by atoms with van der Waals surface area (Å²) in [4.78, 5) is 15.7. The number of carbonyl (C=O) groups excluding carboxylic acids is 1. The van der Waals surface area contributed by atoms with Gasteiger partial charge in [-0.15, -0.1) is 0 Å². The van der Waals surface area contributed by atoms with Crippen molar-refractivity contribution in [3.63, 3.8) is 0 Å². The Morgan fingerprint density at radius 3 is 3.00 bits per heavy atom. The van der Waals surface area contributed by atoms with Crippen LogP contribution in [0.3, 0.4) is 0 Å². The van der Waals surface area contributed by atoms with Gasteiger partial charge in [-0.2, -0.15) is 0 Å². The minimum absolute atomic E-state index is 0.166. The van der Waals surface area contributed by atoms with Gasteiger partial charge in [0.15, 0.2) is 0 Å². The molecule has 0 bridgehead atoms. The molecule has 0 aliphatic carbocycles. The third-order valence-electron chi connectivity index (χ3n) is 3.08. The predicted molar refractivity (Wildman–Crippen MR) is 50.5 cm³/mol. The zero-order valence-corrected chi connectivity index (χ0v) is 8.29. The predicted octanol–water partition coefficient (Wildman–Crippen LogP) is -0.879. The van der Waals surface area contributed by atoms with E-state index in [0.717, 1.165) is 19.5 Å². The van der Waals surface area contributed by atoms with Crippen LogP contribution in [0.15, 0.2) is 0 Å². The van der Waals surface area contributed by atoms with Crippen molar-refractivity contribution in [1.29, 1.82) is 0 Å². The van der Waals surface area contributed by atoms with Crippen LogP contribution in [0, 0.1) is 0 Å². The van der Waals surface area contributed by atoms with Gasteiger partial charge in [0.05, 0.1) is 12.6 Å². The van der Waals surface area contributed by atoms with Crippen LogP contribution >= 0.6 is 0 Å². The van der Waals surface area contributed by atoms with E-state index >= 15 is 0 Å². The molecule has 0 aromatic rings. The molecule has 1 N–H and O–H groups in total. The van der Waals surface area contributed by atoms with Crippen molar-refractivity contribution in [3.8, 4) is 0 Å². The topological polar surface area (TPSA) is 35.6 Å². The summed E-state index contributed by atoms with van der Waals surface area (Å²) in [5, 5.41) is 3.06. The lowest BCUT2D eigenvalue weighted by molar-refractivity contribution is -0.128. The molecule has 0 aromatic carbocycles. The summed E-state index contributed by atoms with van der Waals surface area (Å²) in [6.07, 6.45) is 1.16. The van der Waals surface area contributed by atoms with Gasteiger partial charge in [-0.05, 0) is 27.1 Å². The maximum atomic E-state index is 11.3. The molecule has 0 saturated carbocycles. The molecule has 2 atom stereocenters. The maximum Gasteiger partial charge on any atom is 0.234 e. The second-order valence-electron chi connectivity index (χ2n) is 4.21. The van der Waals surface area contributed by atoms with Gasteiger partial charge in [0.25, 0.3) is 0 Å². The fourth-order valence-electron chi connectivity index (χ4n) is 2.37. The van der Waals surface area contributed by atoms with Gasteiger partial charge in [-0.1, -0.05) is 0 Å². The Labute approximate surface area is 78.9 Å². The number of rotatable bonds is 0. The third-order valence-corrected chi connectivity index (χ3v) is 3.08. The first kappa shape index (κ1) is 8.97. The second kappa shape index (κ2) is 3.27. The molecule has 0 aromatic heterocycles. The minimum atomic E-state index is 0.166. The summed E-state index contributed by atoms with van der Waals surface area (Å²) in [6, 6.07) is 0.888. The van der Waals surface area contributed by atoms with Gasteiger partial charge >= 0.3 is 0 Å². The lowest BCUT2D eigenvalue weighted by Gasteiger charge is -2.44. The van der Waals surface area contributed by atoms with Gasteiger partial charge in [0, 0.05) is 12.6 Å².